The van der Waals surface area contributed by atoms with Crippen molar-refractivity contribution in [1.29, 1.82) is 0 Å². The van der Waals surface area contributed by atoms with Crippen molar-refractivity contribution in [2.45, 2.75) is 20.4 Å². The highest BCUT2D eigenvalue weighted by atomic mass is 32.1. The fourth-order valence-corrected chi connectivity index (χ4v) is 3.81. The Hall–Kier alpha value is -3.19. The number of ether oxygens (including phenoxy) is 2. The van der Waals surface area contributed by atoms with Crippen LogP contribution in [0.1, 0.15) is 19.4 Å². The number of benzene rings is 2. The quantitative estimate of drug-likeness (QED) is 0.439. The van der Waals surface area contributed by atoms with Gasteiger partial charge in [-0.2, -0.15) is 4.99 Å². The van der Waals surface area contributed by atoms with Gasteiger partial charge in [0.2, 0.25) is 0 Å². The number of carbonyl (C=O) groups is 2. The van der Waals surface area contributed by atoms with Crippen LogP contribution in [0, 0.1) is 0 Å². The smallest absolute Gasteiger partial charge is 0.326 e. The Bertz CT molecular complexity index is 1100. The van der Waals surface area contributed by atoms with Crippen LogP contribution < -0.4 is 9.54 Å². The van der Waals surface area contributed by atoms with E-state index in [1.54, 1.807) is 17.6 Å². The normalized spacial score (nSPS) is 11.9. The van der Waals surface area contributed by atoms with Crippen molar-refractivity contribution in [3.05, 3.63) is 65.0 Å². The van der Waals surface area contributed by atoms with Gasteiger partial charge in [-0.25, -0.2) is 0 Å². The van der Waals surface area contributed by atoms with Crippen molar-refractivity contribution in [1.82, 2.24) is 4.57 Å². The summed E-state index contributed by atoms with van der Waals surface area (Å²) in [6, 6.07) is 15.1. The van der Waals surface area contributed by atoms with E-state index in [2.05, 4.69) is 4.99 Å². The average molecular weight is 410 g/mol. The van der Waals surface area contributed by atoms with Crippen molar-refractivity contribution in [3.63, 3.8) is 0 Å². The molecule has 0 fully saturated rings. The highest BCUT2D eigenvalue weighted by molar-refractivity contribution is 7.16. The first-order valence-corrected chi connectivity index (χ1v) is 10.2. The summed E-state index contributed by atoms with van der Waals surface area (Å²) in [5.41, 5.74) is 1.71. The lowest BCUT2D eigenvalue weighted by molar-refractivity contribution is -0.143. The van der Waals surface area contributed by atoms with Gasteiger partial charge >= 0.3 is 5.97 Å². The zero-order chi connectivity index (χ0) is 20.6. The first-order chi connectivity index (χ1) is 14.1. The molecule has 0 atom stereocenters. The molecule has 29 heavy (non-hydrogen) atoms. The molecule has 0 aliphatic rings. The molecule has 1 amide bonds. The number of amides is 1. The van der Waals surface area contributed by atoms with Gasteiger partial charge in [-0.1, -0.05) is 41.7 Å². The standard InChI is InChI=1S/C22H22N2O4S/c1-3-27-17-11-12-18-19(14-17)29-22(24(18)15-21(26)28-4-2)23-20(25)13-10-16-8-6-5-7-9-16/h5-14H,3-4,15H2,1-2H3/b13-10+,23-22?. The van der Waals surface area contributed by atoms with Gasteiger partial charge in [0, 0.05) is 6.08 Å². The van der Waals surface area contributed by atoms with E-state index >= 15 is 0 Å². The summed E-state index contributed by atoms with van der Waals surface area (Å²) in [7, 11) is 0. The summed E-state index contributed by atoms with van der Waals surface area (Å²) in [6.45, 7) is 4.50. The molecule has 3 aromatic rings. The molecular weight excluding hydrogens is 388 g/mol. The number of rotatable bonds is 7. The highest BCUT2D eigenvalue weighted by Crippen LogP contribution is 2.23. The minimum absolute atomic E-state index is 0.0175. The molecule has 0 saturated heterocycles. The van der Waals surface area contributed by atoms with E-state index in [1.165, 1.54) is 17.4 Å². The van der Waals surface area contributed by atoms with E-state index in [0.29, 0.717) is 18.0 Å². The van der Waals surface area contributed by atoms with Crippen LogP contribution >= 0.6 is 11.3 Å². The third kappa shape index (κ3) is 5.42. The van der Waals surface area contributed by atoms with Gasteiger partial charge in [0.1, 0.15) is 12.3 Å². The minimum Gasteiger partial charge on any atom is -0.494 e. The lowest BCUT2D eigenvalue weighted by Gasteiger charge is -2.06. The topological polar surface area (TPSA) is 69.9 Å². The summed E-state index contributed by atoms with van der Waals surface area (Å²) in [4.78, 5) is 29.1. The SMILES string of the molecule is CCOC(=O)Cn1c(=NC(=O)/C=C/c2ccccc2)sc2cc(OCC)ccc21. The number of thiazole rings is 1. The van der Waals surface area contributed by atoms with E-state index < -0.39 is 5.91 Å². The van der Waals surface area contributed by atoms with Crippen LogP contribution in [-0.2, 0) is 20.9 Å². The van der Waals surface area contributed by atoms with Crippen LogP contribution in [0.25, 0.3) is 16.3 Å². The molecule has 0 aliphatic carbocycles. The van der Waals surface area contributed by atoms with Gasteiger partial charge < -0.3 is 14.0 Å². The first kappa shape index (κ1) is 20.5. The van der Waals surface area contributed by atoms with E-state index in [4.69, 9.17) is 9.47 Å². The molecule has 0 saturated carbocycles. The monoisotopic (exact) mass is 410 g/mol. The number of esters is 1. The first-order valence-electron chi connectivity index (χ1n) is 9.34. The zero-order valence-corrected chi connectivity index (χ0v) is 17.1. The minimum atomic E-state index is -0.400. The summed E-state index contributed by atoms with van der Waals surface area (Å²) >= 11 is 1.33. The number of fused-ring (bicyclic) bond motifs is 1. The maximum atomic E-state index is 12.4. The summed E-state index contributed by atoms with van der Waals surface area (Å²) in [5.74, 6) is -0.0516. The van der Waals surface area contributed by atoms with Crippen molar-refractivity contribution in [2.75, 3.05) is 13.2 Å². The molecule has 7 heteroatoms. The molecule has 0 unspecified atom stereocenters. The largest absolute Gasteiger partial charge is 0.494 e. The van der Waals surface area contributed by atoms with Crippen molar-refractivity contribution < 1.29 is 19.1 Å². The van der Waals surface area contributed by atoms with E-state index in [0.717, 1.165) is 21.5 Å². The molecule has 2 aromatic carbocycles. The number of hydrogen-bond donors (Lipinski definition) is 0. The Balaban J connectivity index is 1.99. The van der Waals surface area contributed by atoms with Gasteiger partial charge in [0.05, 0.1) is 23.4 Å². The molecule has 1 aromatic heterocycles. The third-order valence-electron chi connectivity index (χ3n) is 3.98. The second-order valence-corrected chi connectivity index (χ2v) is 7.04. The molecule has 0 radical (unpaired) electrons. The van der Waals surface area contributed by atoms with Crippen LogP contribution in [0.3, 0.4) is 0 Å². The molecule has 0 bridgehead atoms. The Labute approximate surface area is 172 Å². The van der Waals surface area contributed by atoms with E-state index in [-0.39, 0.29) is 12.5 Å². The predicted molar refractivity (Wildman–Crippen MR) is 114 cm³/mol. The van der Waals surface area contributed by atoms with Gasteiger partial charge in [-0.05, 0) is 43.7 Å². The molecule has 3 rings (SSSR count). The van der Waals surface area contributed by atoms with Crippen LogP contribution in [-0.4, -0.2) is 29.7 Å². The predicted octanol–water partition coefficient (Wildman–Crippen LogP) is 3.81. The van der Waals surface area contributed by atoms with Crippen molar-refractivity contribution in [3.8, 4) is 5.75 Å². The van der Waals surface area contributed by atoms with Crippen LogP contribution in [0.4, 0.5) is 0 Å². The van der Waals surface area contributed by atoms with Gasteiger partial charge in [0.15, 0.2) is 4.80 Å². The number of nitrogens with zero attached hydrogens (tertiary/aromatic N) is 2. The highest BCUT2D eigenvalue weighted by Gasteiger charge is 2.12. The molecule has 0 spiro atoms. The summed E-state index contributed by atoms with van der Waals surface area (Å²) in [5, 5.41) is 0. The van der Waals surface area contributed by atoms with Crippen molar-refractivity contribution in [2.24, 2.45) is 4.99 Å². The number of hydrogen-bond acceptors (Lipinski definition) is 5. The maximum absolute atomic E-state index is 12.4. The van der Waals surface area contributed by atoms with E-state index in [1.807, 2.05) is 55.5 Å². The molecule has 6 nitrogen and oxygen atoms in total. The molecule has 0 N–H and O–H groups in total. The second kappa shape index (κ2) is 9.84. The van der Waals surface area contributed by atoms with Gasteiger partial charge in [0.25, 0.3) is 5.91 Å². The Morgan fingerprint density at radius 3 is 2.62 bits per heavy atom. The third-order valence-corrected chi connectivity index (χ3v) is 5.02. The zero-order valence-electron chi connectivity index (χ0n) is 16.3. The maximum Gasteiger partial charge on any atom is 0.326 e. The Morgan fingerprint density at radius 1 is 1.10 bits per heavy atom. The Kier molecular flexibility index (Phi) is 6.97. The van der Waals surface area contributed by atoms with Crippen LogP contribution in [0.5, 0.6) is 5.75 Å². The number of aromatic nitrogens is 1. The summed E-state index contributed by atoms with van der Waals surface area (Å²) < 4.78 is 13.2. The second-order valence-electron chi connectivity index (χ2n) is 6.03. The van der Waals surface area contributed by atoms with Crippen LogP contribution in [0.2, 0.25) is 0 Å². The average Bonchev–Trinajstić information content (AvgIpc) is 3.04. The van der Waals surface area contributed by atoms with Crippen molar-refractivity contribution >= 4 is 39.5 Å². The fourth-order valence-electron chi connectivity index (χ4n) is 2.75. The molecule has 0 aliphatic heterocycles. The lowest BCUT2D eigenvalue weighted by Crippen LogP contribution is -2.22. The fraction of sp³-hybridized carbons (Fsp3) is 0.227. The lowest BCUT2D eigenvalue weighted by atomic mass is 10.2. The Morgan fingerprint density at radius 2 is 1.90 bits per heavy atom. The van der Waals surface area contributed by atoms with Gasteiger partial charge in [-0.3, -0.25) is 9.59 Å². The molecular formula is C22H22N2O4S. The number of carbonyl (C=O) groups excluding carboxylic acids is 2. The molecule has 1 heterocycles. The van der Waals surface area contributed by atoms with E-state index in [9.17, 15) is 9.59 Å². The summed E-state index contributed by atoms with van der Waals surface area (Å²) in [6.07, 6.45) is 3.13. The molecule has 150 valence electrons. The van der Waals surface area contributed by atoms with Gasteiger partial charge in [-0.15, -0.1) is 0 Å². The van der Waals surface area contributed by atoms with Crippen LogP contribution in [0.15, 0.2) is 59.6 Å².